The number of rotatable bonds is 1. The van der Waals surface area contributed by atoms with Gasteiger partial charge >= 0.3 is 0 Å². The number of nitrogens with zero attached hydrogens (tertiary/aromatic N) is 1. The summed E-state index contributed by atoms with van der Waals surface area (Å²) in [5.74, 6) is 0.169. The van der Waals surface area contributed by atoms with E-state index in [4.69, 9.17) is 5.11 Å². The first-order valence-corrected chi connectivity index (χ1v) is 2.94. The molecule has 1 aliphatic heterocycles. The fourth-order valence-electron chi connectivity index (χ4n) is 1.27. The maximum absolute atomic E-state index is 10.8. The van der Waals surface area contributed by atoms with Gasteiger partial charge in [0.1, 0.15) is 6.73 Å². The molecule has 2 atom stereocenters. The average molecular weight is 125 g/mol. The summed E-state index contributed by atoms with van der Waals surface area (Å²) in [5.41, 5.74) is 0. The first-order chi connectivity index (χ1) is 4.34. The molecule has 0 spiro atoms. The highest BCUT2D eigenvalue weighted by Gasteiger charge is 2.48. The molecule has 48 valence electrons. The zero-order valence-corrected chi connectivity index (χ0v) is 4.82. The molecule has 1 aliphatic carbocycles. The molecule has 0 aromatic rings. The van der Waals surface area contributed by atoms with Gasteiger partial charge in [0, 0.05) is 0 Å². The van der Waals surface area contributed by atoms with Gasteiger partial charge in [-0.2, -0.15) is 0 Å². The summed E-state index contributed by atoms with van der Waals surface area (Å²) < 4.78 is 0. The van der Waals surface area contributed by atoms with Crippen LogP contribution in [0.2, 0.25) is 0 Å². The van der Waals surface area contributed by atoms with E-state index in [1.54, 1.807) is 0 Å². The predicted molar refractivity (Wildman–Crippen MR) is 30.3 cm³/mol. The molecule has 1 N–H and O–H groups in total. The Hall–Kier alpha value is -0.830. The number of carbonyl (C=O) groups excluding carboxylic acids is 1. The second kappa shape index (κ2) is 1.36. The minimum Gasteiger partial charge on any atom is -0.376 e. The van der Waals surface area contributed by atoms with Crippen LogP contribution in [0.25, 0.3) is 0 Å². The van der Waals surface area contributed by atoms with E-state index in [1.807, 2.05) is 12.2 Å². The lowest BCUT2D eigenvalue weighted by molar-refractivity contribution is -0.158. The maximum atomic E-state index is 10.8. The fourth-order valence-corrected chi connectivity index (χ4v) is 1.27. The third kappa shape index (κ3) is 0.390. The van der Waals surface area contributed by atoms with E-state index < -0.39 is 0 Å². The topological polar surface area (TPSA) is 40.5 Å². The Morgan fingerprint density at radius 3 is 2.67 bits per heavy atom. The van der Waals surface area contributed by atoms with Gasteiger partial charge in [0.05, 0.1) is 12.0 Å². The molecule has 2 aliphatic rings. The molecular weight excluding hydrogens is 118 g/mol. The van der Waals surface area contributed by atoms with E-state index in [2.05, 4.69) is 0 Å². The second-order valence-electron chi connectivity index (χ2n) is 2.35. The number of hydrogen-bond acceptors (Lipinski definition) is 2. The van der Waals surface area contributed by atoms with Crippen molar-refractivity contribution in [1.29, 1.82) is 0 Å². The third-order valence-corrected chi connectivity index (χ3v) is 1.96. The van der Waals surface area contributed by atoms with Gasteiger partial charge in [-0.05, 0) is 0 Å². The number of aliphatic hydroxyl groups excluding tert-OH is 1. The molecule has 9 heavy (non-hydrogen) atoms. The first kappa shape index (κ1) is 4.99. The van der Waals surface area contributed by atoms with Gasteiger partial charge in [0.25, 0.3) is 0 Å². The second-order valence-corrected chi connectivity index (χ2v) is 2.35. The van der Waals surface area contributed by atoms with Crippen molar-refractivity contribution in [2.45, 2.75) is 6.04 Å². The van der Waals surface area contributed by atoms with Crippen LogP contribution < -0.4 is 0 Å². The smallest absolute Gasteiger partial charge is 0.234 e. The van der Waals surface area contributed by atoms with Gasteiger partial charge in [-0.1, -0.05) is 12.2 Å². The minimum absolute atomic E-state index is 0.0602. The fraction of sp³-hybridized carbons (Fsp3) is 0.500. The van der Waals surface area contributed by atoms with Crippen LogP contribution in [0.15, 0.2) is 12.2 Å². The molecule has 2 rings (SSSR count). The normalized spacial score (nSPS) is 37.4. The first-order valence-electron chi connectivity index (χ1n) is 2.94. The zero-order valence-electron chi connectivity index (χ0n) is 4.82. The lowest BCUT2D eigenvalue weighted by atomic mass is 9.79. The highest BCUT2D eigenvalue weighted by molar-refractivity contribution is 5.90. The van der Waals surface area contributed by atoms with E-state index in [0.717, 1.165) is 0 Å². The quantitative estimate of drug-likeness (QED) is 0.373. The molecule has 0 bridgehead atoms. The Bertz CT molecular complexity index is 187. The Morgan fingerprint density at radius 2 is 2.44 bits per heavy atom. The maximum Gasteiger partial charge on any atom is 0.234 e. The van der Waals surface area contributed by atoms with Crippen molar-refractivity contribution in [2.24, 2.45) is 5.92 Å². The van der Waals surface area contributed by atoms with Crippen LogP contribution in [0.3, 0.4) is 0 Å². The van der Waals surface area contributed by atoms with Gasteiger partial charge in [0.2, 0.25) is 5.91 Å². The molecule has 0 unspecified atom stereocenters. The Labute approximate surface area is 52.6 Å². The van der Waals surface area contributed by atoms with Gasteiger partial charge in [-0.15, -0.1) is 0 Å². The van der Waals surface area contributed by atoms with Crippen molar-refractivity contribution in [1.82, 2.24) is 4.90 Å². The van der Waals surface area contributed by atoms with E-state index in [1.165, 1.54) is 4.90 Å². The van der Waals surface area contributed by atoms with Gasteiger partial charge in [0.15, 0.2) is 0 Å². The van der Waals surface area contributed by atoms with Crippen LogP contribution in [0.1, 0.15) is 0 Å². The monoisotopic (exact) mass is 125 g/mol. The number of β-lactam (4-membered cyclic amide) rings is 1. The van der Waals surface area contributed by atoms with Crippen molar-refractivity contribution in [3.05, 3.63) is 12.2 Å². The Balaban J connectivity index is 2.15. The summed E-state index contributed by atoms with van der Waals surface area (Å²) in [6.07, 6.45) is 3.81. The van der Waals surface area contributed by atoms with Gasteiger partial charge in [-0.3, -0.25) is 4.79 Å². The summed E-state index contributed by atoms with van der Waals surface area (Å²) in [7, 11) is 0. The predicted octanol–water partition coefficient (Wildman–Crippen LogP) is -0.667. The van der Waals surface area contributed by atoms with E-state index >= 15 is 0 Å². The van der Waals surface area contributed by atoms with Crippen molar-refractivity contribution < 1.29 is 9.90 Å². The molecular formula is C6H7NO2. The van der Waals surface area contributed by atoms with Crippen LogP contribution in [-0.4, -0.2) is 28.7 Å². The zero-order chi connectivity index (χ0) is 6.43. The molecule has 0 saturated carbocycles. The molecule has 0 aromatic heterocycles. The van der Waals surface area contributed by atoms with Crippen LogP contribution in [0.4, 0.5) is 0 Å². The number of hydrogen-bond donors (Lipinski definition) is 1. The third-order valence-electron chi connectivity index (χ3n) is 1.96. The largest absolute Gasteiger partial charge is 0.376 e. The Kier molecular flexibility index (Phi) is 0.754. The molecule has 3 heteroatoms. The molecule has 1 heterocycles. The van der Waals surface area contributed by atoms with Crippen LogP contribution in [0, 0.1) is 5.92 Å². The molecule has 3 nitrogen and oxygen atoms in total. The van der Waals surface area contributed by atoms with E-state index in [0.29, 0.717) is 0 Å². The summed E-state index contributed by atoms with van der Waals surface area (Å²) in [6.45, 7) is -0.135. The van der Waals surface area contributed by atoms with Crippen LogP contribution >= 0.6 is 0 Å². The number of aliphatic hydroxyl groups is 1. The van der Waals surface area contributed by atoms with E-state index in [9.17, 15) is 4.79 Å². The number of amides is 1. The van der Waals surface area contributed by atoms with Crippen molar-refractivity contribution >= 4 is 5.91 Å². The standard InChI is InChI=1S/C6H7NO2/c8-3-7-5-2-1-4(5)6(7)9/h1-2,4-5,8H,3H2/t4-,5-/m0/s1. The molecule has 1 amide bonds. The summed E-state index contributed by atoms with van der Waals surface area (Å²) in [6, 6.07) is 0.225. The average Bonchev–Trinajstić information content (AvgIpc) is 1.79. The molecule has 0 aromatic carbocycles. The van der Waals surface area contributed by atoms with Crippen molar-refractivity contribution in [2.75, 3.05) is 6.73 Å². The van der Waals surface area contributed by atoms with Crippen molar-refractivity contribution in [3.63, 3.8) is 0 Å². The van der Waals surface area contributed by atoms with Crippen molar-refractivity contribution in [3.8, 4) is 0 Å². The van der Waals surface area contributed by atoms with E-state index in [-0.39, 0.29) is 24.6 Å². The summed E-state index contributed by atoms with van der Waals surface area (Å²) in [5, 5.41) is 8.55. The lowest BCUT2D eigenvalue weighted by Gasteiger charge is -2.48. The SMILES string of the molecule is O=C1[C@H]2C=C[C@@H]2N1CO. The van der Waals surface area contributed by atoms with Crippen LogP contribution in [-0.2, 0) is 4.79 Å². The number of carbonyl (C=O) groups is 1. The summed E-state index contributed by atoms with van der Waals surface area (Å²) in [4.78, 5) is 12.2. The molecule has 1 saturated heterocycles. The number of fused-ring (bicyclic) bond motifs is 1. The van der Waals surface area contributed by atoms with Gasteiger partial charge < -0.3 is 10.0 Å². The molecule has 1 fully saturated rings. The highest BCUT2D eigenvalue weighted by atomic mass is 16.3. The molecule has 0 radical (unpaired) electrons. The highest BCUT2D eigenvalue weighted by Crippen LogP contribution is 2.35. The minimum atomic E-state index is -0.135. The van der Waals surface area contributed by atoms with Gasteiger partial charge in [-0.25, -0.2) is 0 Å². The number of likely N-dealkylation sites (tertiary alicyclic amines) is 1. The Morgan fingerprint density at radius 1 is 1.67 bits per heavy atom. The lowest BCUT2D eigenvalue weighted by Crippen LogP contribution is -2.63. The van der Waals surface area contributed by atoms with Crippen LogP contribution in [0.5, 0.6) is 0 Å². The summed E-state index contributed by atoms with van der Waals surface area (Å²) >= 11 is 0.